The zero-order valence-electron chi connectivity index (χ0n) is 13.4. The van der Waals surface area contributed by atoms with Crippen LogP contribution in [-0.4, -0.2) is 36.6 Å². The first-order valence-electron chi connectivity index (χ1n) is 6.86. The van der Waals surface area contributed by atoms with Gasteiger partial charge in [0.15, 0.2) is 5.78 Å². The van der Waals surface area contributed by atoms with E-state index in [-0.39, 0.29) is 5.78 Å². The number of rotatable bonds is 4. The predicted molar refractivity (Wildman–Crippen MR) is 80.9 cm³/mol. The second-order valence-corrected chi connectivity index (χ2v) is 5.80. The van der Waals surface area contributed by atoms with Gasteiger partial charge in [0.25, 0.3) is 0 Å². The van der Waals surface area contributed by atoms with Crippen molar-refractivity contribution in [1.29, 1.82) is 0 Å². The van der Waals surface area contributed by atoms with E-state index in [0.29, 0.717) is 11.1 Å². The molecule has 1 aromatic rings. The van der Waals surface area contributed by atoms with Crippen molar-refractivity contribution in [2.24, 2.45) is 0 Å². The van der Waals surface area contributed by atoms with E-state index in [4.69, 9.17) is 4.74 Å². The number of Topliss-reactive ketones (excluding diaryl/α,β-unsaturated/α-hetero) is 1. The quantitative estimate of drug-likeness (QED) is 0.683. The van der Waals surface area contributed by atoms with Crippen LogP contribution in [0.3, 0.4) is 0 Å². The van der Waals surface area contributed by atoms with Crippen molar-refractivity contribution < 1.29 is 23.9 Å². The summed E-state index contributed by atoms with van der Waals surface area (Å²) in [4.78, 5) is 35.2. The van der Waals surface area contributed by atoms with E-state index >= 15 is 0 Å². The molecule has 0 aliphatic heterocycles. The third-order valence-electron chi connectivity index (χ3n) is 2.72. The highest BCUT2D eigenvalue weighted by molar-refractivity contribution is 6.02. The fraction of sp³-hybridized carbons (Fsp3) is 0.438. The third kappa shape index (κ3) is 5.20. The number of benzene rings is 1. The van der Waals surface area contributed by atoms with E-state index in [1.165, 1.54) is 31.4 Å². The number of hydrogen-bond acceptors (Lipinski definition) is 5. The summed E-state index contributed by atoms with van der Waals surface area (Å²) in [6.45, 7) is 6.79. The van der Waals surface area contributed by atoms with E-state index in [1.54, 1.807) is 27.7 Å². The maximum absolute atomic E-state index is 12.2. The molecule has 1 atom stereocenters. The van der Waals surface area contributed by atoms with Crippen molar-refractivity contribution in [3.8, 4) is 0 Å². The van der Waals surface area contributed by atoms with E-state index in [9.17, 15) is 14.4 Å². The average molecular weight is 307 g/mol. The maximum atomic E-state index is 12.2. The second-order valence-electron chi connectivity index (χ2n) is 5.80. The van der Waals surface area contributed by atoms with Crippen LogP contribution in [0, 0.1) is 0 Å². The molecule has 6 heteroatoms. The number of ether oxygens (including phenoxy) is 2. The Labute approximate surface area is 129 Å². The number of esters is 1. The molecule has 0 bridgehead atoms. The van der Waals surface area contributed by atoms with Gasteiger partial charge < -0.3 is 14.8 Å². The number of carbonyl (C=O) groups excluding carboxylic acids is 3. The Hall–Kier alpha value is -2.37. The Bertz CT molecular complexity index is 557. The summed E-state index contributed by atoms with van der Waals surface area (Å²) in [5.74, 6) is -0.749. The normalized spacial score (nSPS) is 12.2. The first-order chi connectivity index (χ1) is 10.1. The molecule has 1 N–H and O–H groups in total. The number of amides is 1. The van der Waals surface area contributed by atoms with Crippen LogP contribution in [0.15, 0.2) is 24.3 Å². The molecule has 120 valence electrons. The van der Waals surface area contributed by atoms with E-state index in [2.05, 4.69) is 10.1 Å². The topological polar surface area (TPSA) is 81.7 Å². The van der Waals surface area contributed by atoms with Crippen molar-refractivity contribution in [3.63, 3.8) is 0 Å². The Morgan fingerprint density at radius 1 is 1.05 bits per heavy atom. The van der Waals surface area contributed by atoms with Gasteiger partial charge in [-0.25, -0.2) is 9.59 Å². The van der Waals surface area contributed by atoms with Crippen LogP contribution in [-0.2, 0) is 9.47 Å². The summed E-state index contributed by atoms with van der Waals surface area (Å²) >= 11 is 0. The van der Waals surface area contributed by atoms with Gasteiger partial charge in [0.05, 0.1) is 18.7 Å². The van der Waals surface area contributed by atoms with Gasteiger partial charge in [-0.3, -0.25) is 4.79 Å². The molecule has 0 saturated carbocycles. The zero-order valence-corrected chi connectivity index (χ0v) is 13.4. The van der Waals surface area contributed by atoms with Crippen LogP contribution in [0.2, 0.25) is 0 Å². The molecule has 0 spiro atoms. The molecular formula is C16H21NO5. The standard InChI is InChI=1S/C16H21NO5/c1-10(17-15(20)22-16(2,3)4)13(18)11-6-8-12(9-7-11)14(19)21-5/h6-10H,1-5H3,(H,17,20). The van der Waals surface area contributed by atoms with E-state index in [0.717, 1.165) is 0 Å². The number of alkyl carbamates (subject to hydrolysis) is 1. The summed E-state index contributed by atoms with van der Waals surface area (Å²) < 4.78 is 9.68. The van der Waals surface area contributed by atoms with Gasteiger partial charge >= 0.3 is 12.1 Å². The Morgan fingerprint density at radius 3 is 2.00 bits per heavy atom. The number of nitrogens with one attached hydrogen (secondary N) is 1. The minimum atomic E-state index is -0.737. The largest absolute Gasteiger partial charge is 0.465 e. The van der Waals surface area contributed by atoms with Crippen molar-refractivity contribution in [3.05, 3.63) is 35.4 Å². The Balaban J connectivity index is 2.71. The van der Waals surface area contributed by atoms with Gasteiger partial charge in [-0.05, 0) is 39.8 Å². The fourth-order valence-corrected chi connectivity index (χ4v) is 1.69. The van der Waals surface area contributed by atoms with Crippen LogP contribution < -0.4 is 5.32 Å². The Morgan fingerprint density at radius 2 is 1.55 bits per heavy atom. The lowest BCUT2D eigenvalue weighted by molar-refractivity contribution is 0.0496. The summed E-state index contributed by atoms with van der Waals surface area (Å²) in [7, 11) is 1.29. The number of methoxy groups -OCH3 is 1. The molecule has 0 heterocycles. The molecule has 0 aromatic heterocycles. The molecule has 1 aromatic carbocycles. The molecule has 1 rings (SSSR count). The van der Waals surface area contributed by atoms with Crippen LogP contribution in [0.4, 0.5) is 4.79 Å². The summed E-state index contributed by atoms with van der Waals surface area (Å²) in [6, 6.07) is 5.29. The van der Waals surface area contributed by atoms with Crippen molar-refractivity contribution in [1.82, 2.24) is 5.32 Å². The maximum Gasteiger partial charge on any atom is 0.408 e. The highest BCUT2D eigenvalue weighted by Crippen LogP contribution is 2.10. The Kier molecular flexibility index (Phi) is 5.68. The van der Waals surface area contributed by atoms with Gasteiger partial charge in [0.1, 0.15) is 5.60 Å². The van der Waals surface area contributed by atoms with Crippen molar-refractivity contribution in [2.75, 3.05) is 7.11 Å². The van der Waals surface area contributed by atoms with Crippen molar-refractivity contribution >= 4 is 17.8 Å². The minimum absolute atomic E-state index is 0.276. The number of ketones is 1. The lowest BCUT2D eigenvalue weighted by atomic mass is 10.0. The van der Waals surface area contributed by atoms with Crippen LogP contribution in [0.25, 0.3) is 0 Å². The smallest absolute Gasteiger partial charge is 0.408 e. The molecule has 22 heavy (non-hydrogen) atoms. The minimum Gasteiger partial charge on any atom is -0.465 e. The molecule has 1 amide bonds. The van der Waals surface area contributed by atoms with Gasteiger partial charge in [-0.15, -0.1) is 0 Å². The predicted octanol–water partition coefficient (Wildman–Crippen LogP) is 2.57. The molecule has 0 saturated heterocycles. The van der Waals surface area contributed by atoms with Gasteiger partial charge in [0, 0.05) is 5.56 Å². The van der Waals surface area contributed by atoms with Gasteiger partial charge in [0.2, 0.25) is 0 Å². The highest BCUT2D eigenvalue weighted by Gasteiger charge is 2.22. The first-order valence-corrected chi connectivity index (χ1v) is 6.86. The average Bonchev–Trinajstić information content (AvgIpc) is 2.43. The van der Waals surface area contributed by atoms with Crippen LogP contribution in [0.5, 0.6) is 0 Å². The zero-order chi connectivity index (χ0) is 16.9. The molecule has 0 fully saturated rings. The monoisotopic (exact) mass is 307 g/mol. The van der Waals surface area contributed by atoms with E-state index in [1.807, 2.05) is 0 Å². The van der Waals surface area contributed by atoms with Gasteiger partial charge in [-0.1, -0.05) is 12.1 Å². The van der Waals surface area contributed by atoms with Crippen molar-refractivity contribution in [2.45, 2.75) is 39.3 Å². The number of hydrogen-bond donors (Lipinski definition) is 1. The molecular weight excluding hydrogens is 286 g/mol. The fourth-order valence-electron chi connectivity index (χ4n) is 1.69. The van der Waals surface area contributed by atoms with Crippen LogP contribution in [0.1, 0.15) is 48.4 Å². The van der Waals surface area contributed by atoms with E-state index < -0.39 is 23.7 Å². The second kappa shape index (κ2) is 7.06. The molecule has 0 radical (unpaired) electrons. The molecule has 0 aliphatic rings. The third-order valence-corrected chi connectivity index (χ3v) is 2.72. The van der Waals surface area contributed by atoms with Crippen LogP contribution >= 0.6 is 0 Å². The summed E-state index contributed by atoms with van der Waals surface area (Å²) in [6.07, 6.45) is -0.653. The van der Waals surface area contributed by atoms with Gasteiger partial charge in [-0.2, -0.15) is 0 Å². The molecule has 0 aliphatic carbocycles. The SMILES string of the molecule is COC(=O)c1ccc(C(=O)C(C)NC(=O)OC(C)(C)C)cc1. The molecule has 1 unspecified atom stereocenters. The summed E-state index contributed by atoms with van der Waals surface area (Å²) in [5, 5.41) is 2.48. The lowest BCUT2D eigenvalue weighted by Gasteiger charge is -2.21. The summed E-state index contributed by atoms with van der Waals surface area (Å²) in [5.41, 5.74) is 0.109. The lowest BCUT2D eigenvalue weighted by Crippen LogP contribution is -2.41. The number of carbonyl (C=O) groups is 3. The first kappa shape index (κ1) is 17.7. The molecule has 6 nitrogen and oxygen atoms in total. The highest BCUT2D eigenvalue weighted by atomic mass is 16.6.